The lowest BCUT2D eigenvalue weighted by Crippen LogP contribution is -2.22. The molecule has 0 saturated carbocycles. The lowest BCUT2D eigenvalue weighted by Gasteiger charge is -2.16. The number of aryl methyl sites for hydroxylation is 3. The molecule has 1 heterocycles. The van der Waals surface area contributed by atoms with Crippen molar-refractivity contribution in [2.45, 2.75) is 20.8 Å². The molecule has 0 aliphatic heterocycles. The van der Waals surface area contributed by atoms with Crippen LogP contribution in [0.4, 0.5) is 5.69 Å². The van der Waals surface area contributed by atoms with Gasteiger partial charge in [0.25, 0.3) is 11.8 Å². The average molecular weight is 375 g/mol. The lowest BCUT2D eigenvalue weighted by molar-refractivity contribution is 0.0827. The number of carbonyl (C=O) groups excluding carboxylic acids is 2. The second-order valence-corrected chi connectivity index (χ2v) is 7.21. The molecule has 5 heteroatoms. The Morgan fingerprint density at radius 2 is 1.57 bits per heavy atom. The van der Waals surface area contributed by atoms with Gasteiger partial charge in [0.2, 0.25) is 0 Å². The highest BCUT2D eigenvalue weighted by atomic mass is 16.2. The molecule has 1 N–H and O–H groups in total. The van der Waals surface area contributed by atoms with Crippen molar-refractivity contribution < 1.29 is 9.59 Å². The van der Waals surface area contributed by atoms with Gasteiger partial charge in [0, 0.05) is 36.7 Å². The normalized spacial score (nSPS) is 10.6. The Kier molecular flexibility index (Phi) is 5.36. The summed E-state index contributed by atoms with van der Waals surface area (Å²) >= 11 is 0. The minimum atomic E-state index is -0.208. The minimum Gasteiger partial charge on any atom is -0.345 e. The van der Waals surface area contributed by atoms with Crippen molar-refractivity contribution in [3.63, 3.8) is 0 Å². The van der Waals surface area contributed by atoms with Crippen LogP contribution in [0, 0.1) is 20.8 Å². The van der Waals surface area contributed by atoms with Gasteiger partial charge in [-0.2, -0.15) is 0 Å². The summed E-state index contributed by atoms with van der Waals surface area (Å²) in [5.41, 5.74) is 5.68. The smallest absolute Gasteiger partial charge is 0.257 e. The molecule has 0 bridgehead atoms. The van der Waals surface area contributed by atoms with Gasteiger partial charge in [0.15, 0.2) is 0 Å². The van der Waals surface area contributed by atoms with Gasteiger partial charge in [-0.25, -0.2) is 0 Å². The molecule has 0 unspecified atom stereocenters. The predicted molar refractivity (Wildman–Crippen MR) is 112 cm³/mol. The second-order valence-electron chi connectivity index (χ2n) is 7.21. The molecule has 5 nitrogen and oxygen atoms in total. The summed E-state index contributed by atoms with van der Waals surface area (Å²) < 4.78 is 2.07. The molecule has 2 amide bonds. The third-order valence-electron chi connectivity index (χ3n) is 4.68. The van der Waals surface area contributed by atoms with Crippen LogP contribution in [0.1, 0.15) is 37.7 Å². The topological polar surface area (TPSA) is 54.3 Å². The van der Waals surface area contributed by atoms with Crippen LogP contribution in [-0.4, -0.2) is 35.4 Å². The Bertz CT molecular complexity index is 1030. The van der Waals surface area contributed by atoms with Crippen molar-refractivity contribution in [2.75, 3.05) is 19.4 Å². The number of nitrogens with zero attached hydrogens (tertiary/aromatic N) is 2. The summed E-state index contributed by atoms with van der Waals surface area (Å²) in [5, 5.41) is 2.94. The van der Waals surface area contributed by atoms with E-state index in [1.54, 1.807) is 38.4 Å². The van der Waals surface area contributed by atoms with Crippen LogP contribution in [0.25, 0.3) is 5.69 Å². The van der Waals surface area contributed by atoms with Gasteiger partial charge in [-0.05, 0) is 63.2 Å². The number of hydrogen-bond donors (Lipinski definition) is 1. The van der Waals surface area contributed by atoms with E-state index in [-0.39, 0.29) is 11.8 Å². The zero-order valence-corrected chi connectivity index (χ0v) is 16.9. The number of hydrogen-bond acceptors (Lipinski definition) is 2. The van der Waals surface area contributed by atoms with Crippen LogP contribution in [0.3, 0.4) is 0 Å². The quantitative estimate of drug-likeness (QED) is 0.737. The fraction of sp³-hybridized carbons (Fsp3) is 0.217. The van der Waals surface area contributed by atoms with Crippen LogP contribution in [0.15, 0.2) is 54.6 Å². The largest absolute Gasteiger partial charge is 0.345 e. The van der Waals surface area contributed by atoms with Crippen LogP contribution < -0.4 is 5.32 Å². The van der Waals surface area contributed by atoms with E-state index in [1.165, 1.54) is 4.90 Å². The van der Waals surface area contributed by atoms with Crippen molar-refractivity contribution in [3.8, 4) is 5.69 Å². The summed E-state index contributed by atoms with van der Waals surface area (Å²) in [4.78, 5) is 26.8. The molecule has 28 heavy (non-hydrogen) atoms. The third kappa shape index (κ3) is 3.83. The Labute approximate surface area is 165 Å². The van der Waals surface area contributed by atoms with Crippen LogP contribution >= 0.6 is 0 Å². The monoisotopic (exact) mass is 375 g/mol. The molecule has 0 atom stereocenters. The number of anilines is 1. The van der Waals surface area contributed by atoms with Gasteiger partial charge < -0.3 is 14.8 Å². The molecule has 0 radical (unpaired) electrons. The SMILES string of the molecule is Cc1ccc(-n2c(C)ccc2C)c(C(=O)Nc2cccc(C(=O)N(C)C)c2)c1. The van der Waals surface area contributed by atoms with Gasteiger partial charge in [0.05, 0.1) is 11.3 Å². The van der Waals surface area contributed by atoms with E-state index >= 15 is 0 Å². The number of benzene rings is 2. The predicted octanol–water partition coefficient (Wildman–Crippen LogP) is 4.36. The van der Waals surface area contributed by atoms with E-state index in [9.17, 15) is 9.59 Å². The molecule has 0 aliphatic rings. The van der Waals surface area contributed by atoms with E-state index in [2.05, 4.69) is 9.88 Å². The summed E-state index contributed by atoms with van der Waals surface area (Å²) in [7, 11) is 3.41. The molecule has 3 rings (SSSR count). The molecule has 2 aromatic carbocycles. The number of aromatic nitrogens is 1. The standard InChI is InChI=1S/C23H25N3O2/c1-15-9-12-21(26-16(2)10-11-17(26)3)20(13-15)22(27)24-19-8-6-7-18(14-19)23(28)25(4)5/h6-14H,1-5H3,(H,24,27). The maximum Gasteiger partial charge on any atom is 0.257 e. The maximum absolute atomic E-state index is 13.1. The second kappa shape index (κ2) is 7.72. The summed E-state index contributed by atoms with van der Waals surface area (Å²) in [6, 6.07) is 16.9. The van der Waals surface area contributed by atoms with Crippen molar-refractivity contribution in [2.24, 2.45) is 0 Å². The number of carbonyl (C=O) groups is 2. The first-order valence-corrected chi connectivity index (χ1v) is 9.17. The average Bonchev–Trinajstić information content (AvgIpc) is 2.99. The molecule has 144 valence electrons. The molecular weight excluding hydrogens is 350 g/mol. The van der Waals surface area contributed by atoms with Crippen molar-refractivity contribution in [1.82, 2.24) is 9.47 Å². The first-order valence-electron chi connectivity index (χ1n) is 9.17. The molecule has 1 aromatic heterocycles. The maximum atomic E-state index is 13.1. The first-order chi connectivity index (χ1) is 13.3. The van der Waals surface area contributed by atoms with Gasteiger partial charge in [-0.3, -0.25) is 9.59 Å². The van der Waals surface area contributed by atoms with Crippen molar-refractivity contribution in [1.29, 1.82) is 0 Å². The van der Waals surface area contributed by atoms with Crippen LogP contribution in [0.2, 0.25) is 0 Å². The van der Waals surface area contributed by atoms with Crippen LogP contribution in [0.5, 0.6) is 0 Å². The Morgan fingerprint density at radius 3 is 2.21 bits per heavy atom. The zero-order valence-electron chi connectivity index (χ0n) is 16.9. The third-order valence-corrected chi connectivity index (χ3v) is 4.68. The van der Waals surface area contributed by atoms with Gasteiger partial charge in [0.1, 0.15) is 0 Å². The number of amides is 2. The molecule has 0 aliphatic carbocycles. The van der Waals surface area contributed by atoms with E-state index in [0.29, 0.717) is 16.8 Å². The van der Waals surface area contributed by atoms with Gasteiger partial charge in [-0.1, -0.05) is 17.7 Å². The van der Waals surface area contributed by atoms with E-state index in [1.807, 2.05) is 51.1 Å². The van der Waals surface area contributed by atoms with Crippen molar-refractivity contribution in [3.05, 3.63) is 82.7 Å². The summed E-state index contributed by atoms with van der Waals surface area (Å²) in [5.74, 6) is -0.313. The van der Waals surface area contributed by atoms with Crippen LogP contribution in [-0.2, 0) is 0 Å². The summed E-state index contributed by atoms with van der Waals surface area (Å²) in [6.07, 6.45) is 0. The molecular formula is C23H25N3O2. The van der Waals surface area contributed by atoms with Gasteiger partial charge in [-0.15, -0.1) is 0 Å². The van der Waals surface area contributed by atoms with Gasteiger partial charge >= 0.3 is 0 Å². The molecule has 3 aromatic rings. The molecule has 0 fully saturated rings. The van der Waals surface area contributed by atoms with E-state index in [4.69, 9.17) is 0 Å². The van der Waals surface area contributed by atoms with E-state index in [0.717, 1.165) is 22.6 Å². The number of nitrogens with one attached hydrogen (secondary N) is 1. The molecule has 0 spiro atoms. The van der Waals surface area contributed by atoms with Crippen molar-refractivity contribution >= 4 is 17.5 Å². The fourth-order valence-corrected chi connectivity index (χ4v) is 3.26. The minimum absolute atomic E-state index is 0.106. The Morgan fingerprint density at radius 1 is 0.893 bits per heavy atom. The fourth-order valence-electron chi connectivity index (χ4n) is 3.26. The Hall–Kier alpha value is -3.34. The number of rotatable bonds is 4. The highest BCUT2D eigenvalue weighted by Crippen LogP contribution is 2.23. The Balaban J connectivity index is 1.97. The summed E-state index contributed by atoms with van der Waals surface area (Å²) in [6.45, 7) is 6.00. The van der Waals surface area contributed by atoms with E-state index < -0.39 is 0 Å². The lowest BCUT2D eigenvalue weighted by atomic mass is 10.1. The zero-order chi connectivity index (χ0) is 20.4. The highest BCUT2D eigenvalue weighted by molar-refractivity contribution is 6.07. The highest BCUT2D eigenvalue weighted by Gasteiger charge is 2.16. The first kappa shape index (κ1) is 19.4. The molecule has 0 saturated heterocycles.